The number of nitrogens with two attached hydrogens (primary N) is 1. The molecule has 1 atom stereocenters. The van der Waals surface area contributed by atoms with Gasteiger partial charge in [0, 0.05) is 6.54 Å². The minimum Gasteiger partial charge on any atom is -0.354 e. The molecule has 0 saturated carbocycles. The number of rotatable bonds is 6. The van der Waals surface area contributed by atoms with E-state index < -0.39 is 0 Å². The maximum Gasteiger partial charge on any atom is 0.236 e. The molecule has 0 aromatic heterocycles. The van der Waals surface area contributed by atoms with Crippen molar-refractivity contribution in [1.29, 1.82) is 0 Å². The van der Waals surface area contributed by atoms with Crippen molar-refractivity contribution in [2.24, 2.45) is 23.0 Å². The molecule has 0 aliphatic rings. The summed E-state index contributed by atoms with van der Waals surface area (Å²) in [6.07, 6.45) is 0.744. The first-order chi connectivity index (χ1) is 7.16. The standard InChI is InChI=1S/C13H28N2O/c1-9(2)7-11(14)12(16)15-8-13(5,6)10(3)4/h9-11H,7-8,14H2,1-6H3,(H,15,16). The van der Waals surface area contributed by atoms with E-state index in [-0.39, 0.29) is 17.4 Å². The zero-order chi connectivity index (χ0) is 12.9. The molecule has 16 heavy (non-hydrogen) atoms. The first-order valence-electron chi connectivity index (χ1n) is 6.20. The van der Waals surface area contributed by atoms with Crippen molar-refractivity contribution >= 4 is 5.91 Å². The van der Waals surface area contributed by atoms with E-state index in [2.05, 4.69) is 46.9 Å². The van der Waals surface area contributed by atoms with Crippen LogP contribution in [0.5, 0.6) is 0 Å². The number of carbonyl (C=O) groups is 1. The highest BCUT2D eigenvalue weighted by Crippen LogP contribution is 2.24. The second-order valence-corrected chi connectivity index (χ2v) is 6.10. The number of hydrogen-bond donors (Lipinski definition) is 2. The fourth-order valence-electron chi connectivity index (χ4n) is 1.27. The van der Waals surface area contributed by atoms with Crippen LogP contribution < -0.4 is 11.1 Å². The second-order valence-electron chi connectivity index (χ2n) is 6.10. The quantitative estimate of drug-likeness (QED) is 0.732. The zero-order valence-electron chi connectivity index (χ0n) is 11.6. The lowest BCUT2D eigenvalue weighted by atomic mass is 9.81. The summed E-state index contributed by atoms with van der Waals surface area (Å²) in [5.74, 6) is 0.968. The van der Waals surface area contributed by atoms with Crippen LogP contribution in [0.1, 0.15) is 48.0 Å². The predicted octanol–water partition coefficient (Wildman–Crippen LogP) is 2.16. The Morgan fingerprint density at radius 2 is 1.75 bits per heavy atom. The van der Waals surface area contributed by atoms with E-state index in [9.17, 15) is 4.79 Å². The van der Waals surface area contributed by atoms with Crippen molar-refractivity contribution in [3.05, 3.63) is 0 Å². The Kier molecular flexibility index (Phi) is 6.01. The van der Waals surface area contributed by atoms with Gasteiger partial charge >= 0.3 is 0 Å². The topological polar surface area (TPSA) is 55.1 Å². The van der Waals surface area contributed by atoms with Crippen LogP contribution in [0.15, 0.2) is 0 Å². The molecular weight excluding hydrogens is 200 g/mol. The monoisotopic (exact) mass is 228 g/mol. The molecule has 0 bridgehead atoms. The van der Waals surface area contributed by atoms with Gasteiger partial charge in [0.15, 0.2) is 0 Å². The smallest absolute Gasteiger partial charge is 0.236 e. The van der Waals surface area contributed by atoms with Gasteiger partial charge in [-0.15, -0.1) is 0 Å². The lowest BCUT2D eigenvalue weighted by Crippen LogP contribution is -2.45. The van der Waals surface area contributed by atoms with E-state index in [1.54, 1.807) is 0 Å². The van der Waals surface area contributed by atoms with Crippen molar-refractivity contribution in [1.82, 2.24) is 5.32 Å². The van der Waals surface area contributed by atoms with Crippen molar-refractivity contribution in [2.75, 3.05) is 6.54 Å². The third-order valence-corrected chi connectivity index (χ3v) is 3.34. The fraction of sp³-hybridized carbons (Fsp3) is 0.923. The average Bonchev–Trinajstić information content (AvgIpc) is 2.12. The Morgan fingerprint density at radius 3 is 2.12 bits per heavy atom. The molecular formula is C13H28N2O. The van der Waals surface area contributed by atoms with Gasteiger partial charge in [0.1, 0.15) is 0 Å². The van der Waals surface area contributed by atoms with Gasteiger partial charge in [-0.25, -0.2) is 0 Å². The Morgan fingerprint density at radius 1 is 1.25 bits per heavy atom. The van der Waals surface area contributed by atoms with Gasteiger partial charge in [0.05, 0.1) is 6.04 Å². The average molecular weight is 228 g/mol. The number of hydrogen-bond acceptors (Lipinski definition) is 2. The molecule has 3 heteroatoms. The Labute approximate surface area is 100 Å². The van der Waals surface area contributed by atoms with Crippen LogP contribution in [-0.4, -0.2) is 18.5 Å². The Balaban J connectivity index is 4.07. The van der Waals surface area contributed by atoms with E-state index >= 15 is 0 Å². The largest absolute Gasteiger partial charge is 0.354 e. The summed E-state index contributed by atoms with van der Waals surface area (Å²) in [5.41, 5.74) is 5.93. The van der Waals surface area contributed by atoms with E-state index in [4.69, 9.17) is 5.73 Å². The molecule has 3 nitrogen and oxygen atoms in total. The number of nitrogens with one attached hydrogen (secondary N) is 1. The van der Waals surface area contributed by atoms with E-state index in [0.29, 0.717) is 18.4 Å². The van der Waals surface area contributed by atoms with Gasteiger partial charge in [-0.1, -0.05) is 41.5 Å². The van der Waals surface area contributed by atoms with Crippen LogP contribution in [0.3, 0.4) is 0 Å². The summed E-state index contributed by atoms with van der Waals surface area (Å²) in [5, 5.41) is 2.95. The summed E-state index contributed by atoms with van der Waals surface area (Å²) in [6, 6.07) is -0.372. The van der Waals surface area contributed by atoms with Crippen LogP contribution >= 0.6 is 0 Å². The first-order valence-corrected chi connectivity index (χ1v) is 6.20. The Hall–Kier alpha value is -0.570. The lowest BCUT2D eigenvalue weighted by molar-refractivity contribution is -0.123. The van der Waals surface area contributed by atoms with Crippen molar-refractivity contribution in [3.8, 4) is 0 Å². The SMILES string of the molecule is CC(C)CC(N)C(=O)NCC(C)(C)C(C)C. The predicted molar refractivity (Wildman–Crippen MR) is 69.1 cm³/mol. The van der Waals surface area contributed by atoms with Gasteiger partial charge in [-0.3, -0.25) is 4.79 Å². The molecule has 1 amide bonds. The highest BCUT2D eigenvalue weighted by molar-refractivity contribution is 5.81. The molecule has 0 aromatic carbocycles. The summed E-state index contributed by atoms with van der Waals surface area (Å²) in [6.45, 7) is 13.5. The van der Waals surface area contributed by atoms with Gasteiger partial charge in [0.25, 0.3) is 0 Å². The minimum atomic E-state index is -0.372. The number of carbonyl (C=O) groups excluding carboxylic acids is 1. The normalized spacial score (nSPS) is 14.3. The highest BCUT2D eigenvalue weighted by Gasteiger charge is 2.24. The summed E-state index contributed by atoms with van der Waals surface area (Å²) in [7, 11) is 0. The van der Waals surface area contributed by atoms with Crippen LogP contribution in [0.2, 0.25) is 0 Å². The maximum absolute atomic E-state index is 11.7. The van der Waals surface area contributed by atoms with Gasteiger partial charge in [-0.05, 0) is 23.7 Å². The second kappa shape index (κ2) is 6.24. The van der Waals surface area contributed by atoms with E-state index in [1.165, 1.54) is 0 Å². The van der Waals surface area contributed by atoms with Crippen molar-refractivity contribution in [3.63, 3.8) is 0 Å². The van der Waals surface area contributed by atoms with Gasteiger partial charge in [0.2, 0.25) is 5.91 Å². The van der Waals surface area contributed by atoms with Crippen LogP contribution in [-0.2, 0) is 4.79 Å². The molecule has 0 aliphatic carbocycles. The summed E-state index contributed by atoms with van der Waals surface area (Å²) < 4.78 is 0. The molecule has 0 aliphatic heterocycles. The van der Waals surface area contributed by atoms with E-state index in [1.807, 2.05) is 0 Å². The molecule has 0 aromatic rings. The highest BCUT2D eigenvalue weighted by atomic mass is 16.2. The molecule has 1 unspecified atom stereocenters. The third-order valence-electron chi connectivity index (χ3n) is 3.34. The molecule has 0 radical (unpaired) electrons. The zero-order valence-corrected chi connectivity index (χ0v) is 11.6. The summed E-state index contributed by atoms with van der Waals surface area (Å²) in [4.78, 5) is 11.7. The summed E-state index contributed by atoms with van der Waals surface area (Å²) >= 11 is 0. The molecule has 0 rings (SSSR count). The molecule has 0 heterocycles. The fourth-order valence-corrected chi connectivity index (χ4v) is 1.27. The molecule has 0 fully saturated rings. The van der Waals surface area contributed by atoms with Crippen LogP contribution in [0.25, 0.3) is 0 Å². The molecule has 0 spiro atoms. The third kappa shape index (κ3) is 5.50. The van der Waals surface area contributed by atoms with Crippen molar-refractivity contribution in [2.45, 2.75) is 54.0 Å². The molecule has 0 saturated heterocycles. The molecule has 96 valence electrons. The maximum atomic E-state index is 11.7. The van der Waals surface area contributed by atoms with Crippen LogP contribution in [0.4, 0.5) is 0 Å². The first kappa shape index (κ1) is 15.4. The molecule has 3 N–H and O–H groups in total. The van der Waals surface area contributed by atoms with Gasteiger partial charge < -0.3 is 11.1 Å². The van der Waals surface area contributed by atoms with Crippen LogP contribution in [0, 0.1) is 17.3 Å². The lowest BCUT2D eigenvalue weighted by Gasteiger charge is -2.30. The Bertz CT molecular complexity index is 222. The van der Waals surface area contributed by atoms with E-state index in [0.717, 1.165) is 6.42 Å². The van der Waals surface area contributed by atoms with Crippen molar-refractivity contribution < 1.29 is 4.79 Å². The number of amides is 1. The van der Waals surface area contributed by atoms with Gasteiger partial charge in [-0.2, -0.15) is 0 Å². The minimum absolute atomic E-state index is 0.0255.